The van der Waals surface area contributed by atoms with Crippen LogP contribution in [0.2, 0.25) is 10.0 Å². The monoisotopic (exact) mass is 322 g/mol. The first kappa shape index (κ1) is 16.2. The van der Waals surface area contributed by atoms with Gasteiger partial charge in [0.05, 0.1) is 6.04 Å². The molecule has 0 saturated heterocycles. The van der Waals surface area contributed by atoms with Gasteiger partial charge in [-0.15, -0.1) is 0 Å². The van der Waals surface area contributed by atoms with Crippen LogP contribution in [0.5, 0.6) is 0 Å². The van der Waals surface area contributed by atoms with Gasteiger partial charge in [0.25, 0.3) is 0 Å². The van der Waals surface area contributed by atoms with Gasteiger partial charge in [0.1, 0.15) is 0 Å². The normalized spacial score (nSPS) is 12.2. The third kappa shape index (κ3) is 3.91. The number of rotatable bonds is 5. The van der Waals surface area contributed by atoms with Crippen LogP contribution in [0.1, 0.15) is 24.1 Å². The van der Waals surface area contributed by atoms with Crippen LogP contribution < -0.4 is 10.6 Å². The third-order valence-corrected chi connectivity index (χ3v) is 4.26. The van der Waals surface area contributed by atoms with Crippen molar-refractivity contribution in [3.8, 4) is 0 Å². The molecule has 2 N–H and O–H groups in total. The first-order valence-electron chi connectivity index (χ1n) is 6.99. The predicted molar refractivity (Wildman–Crippen MR) is 92.5 cm³/mol. The van der Waals surface area contributed by atoms with Gasteiger partial charge in [-0.2, -0.15) is 0 Å². The molecule has 2 rings (SSSR count). The quantitative estimate of drug-likeness (QED) is 0.865. The van der Waals surface area contributed by atoms with Crippen LogP contribution in [-0.2, 0) is 6.42 Å². The SMILES string of the molecule is CC(c1ccc(Cl)cc1)N(C)c1cc(Cl)ccc1CCN. The second-order valence-electron chi connectivity index (χ2n) is 5.15. The van der Waals surface area contributed by atoms with E-state index in [0.717, 1.165) is 22.2 Å². The molecule has 0 aliphatic heterocycles. The Balaban J connectivity index is 2.32. The fourth-order valence-corrected chi connectivity index (χ4v) is 2.70. The van der Waals surface area contributed by atoms with Crippen molar-refractivity contribution in [2.24, 2.45) is 5.73 Å². The van der Waals surface area contributed by atoms with Crippen molar-refractivity contribution in [3.05, 3.63) is 63.6 Å². The molecule has 0 spiro atoms. The molecule has 0 aliphatic carbocycles. The Kier molecular flexibility index (Phi) is 5.51. The van der Waals surface area contributed by atoms with Crippen molar-refractivity contribution < 1.29 is 0 Å². The van der Waals surface area contributed by atoms with E-state index in [1.807, 2.05) is 24.3 Å². The molecule has 2 aromatic carbocycles. The van der Waals surface area contributed by atoms with E-state index in [0.29, 0.717) is 6.54 Å². The molecule has 0 aromatic heterocycles. The van der Waals surface area contributed by atoms with Crippen molar-refractivity contribution in [3.63, 3.8) is 0 Å². The fourth-order valence-electron chi connectivity index (χ4n) is 2.41. The summed E-state index contributed by atoms with van der Waals surface area (Å²) in [6.07, 6.45) is 0.837. The topological polar surface area (TPSA) is 29.3 Å². The molecule has 0 fully saturated rings. The summed E-state index contributed by atoms with van der Waals surface area (Å²) in [4.78, 5) is 2.22. The molecule has 2 nitrogen and oxygen atoms in total. The van der Waals surface area contributed by atoms with Crippen molar-refractivity contribution in [2.75, 3.05) is 18.5 Å². The van der Waals surface area contributed by atoms with Crippen LogP contribution in [0.25, 0.3) is 0 Å². The minimum Gasteiger partial charge on any atom is -0.368 e. The Bertz CT molecular complexity index is 596. The maximum absolute atomic E-state index is 6.16. The Labute approximate surface area is 136 Å². The maximum atomic E-state index is 6.16. The standard InChI is InChI=1S/C17H20Cl2N2/c1-12(13-3-6-15(18)7-4-13)21(2)17-11-16(19)8-5-14(17)9-10-20/h3-8,11-12H,9-10,20H2,1-2H3. The van der Waals surface area contributed by atoms with Gasteiger partial charge in [-0.1, -0.05) is 41.4 Å². The Hall–Kier alpha value is -1.22. The van der Waals surface area contributed by atoms with Gasteiger partial charge >= 0.3 is 0 Å². The molecule has 0 saturated carbocycles. The summed E-state index contributed by atoms with van der Waals surface area (Å²) in [5, 5.41) is 1.49. The summed E-state index contributed by atoms with van der Waals surface area (Å²) in [5.74, 6) is 0. The average Bonchev–Trinajstić information content (AvgIpc) is 2.48. The molecule has 0 radical (unpaired) electrons. The zero-order chi connectivity index (χ0) is 15.4. The number of hydrogen-bond acceptors (Lipinski definition) is 2. The van der Waals surface area contributed by atoms with Gasteiger partial charge in [0, 0.05) is 22.8 Å². The van der Waals surface area contributed by atoms with E-state index < -0.39 is 0 Å². The van der Waals surface area contributed by atoms with Gasteiger partial charge in [0.2, 0.25) is 0 Å². The Morgan fingerprint density at radius 1 is 1.05 bits per heavy atom. The highest BCUT2D eigenvalue weighted by Crippen LogP contribution is 2.31. The number of benzene rings is 2. The molecule has 0 aliphatic rings. The molecule has 0 bridgehead atoms. The van der Waals surface area contributed by atoms with Crippen LogP contribution in [0, 0.1) is 0 Å². The molecular formula is C17H20Cl2N2. The molecule has 2 aromatic rings. The van der Waals surface area contributed by atoms with Crippen molar-refractivity contribution >= 4 is 28.9 Å². The lowest BCUT2D eigenvalue weighted by atomic mass is 10.0. The second kappa shape index (κ2) is 7.17. The van der Waals surface area contributed by atoms with E-state index in [-0.39, 0.29) is 6.04 Å². The van der Waals surface area contributed by atoms with Crippen molar-refractivity contribution in [1.29, 1.82) is 0 Å². The third-order valence-electron chi connectivity index (χ3n) is 3.77. The van der Waals surface area contributed by atoms with Gasteiger partial charge in [-0.05, 0) is 55.3 Å². The summed E-state index contributed by atoms with van der Waals surface area (Å²) < 4.78 is 0. The second-order valence-corrected chi connectivity index (χ2v) is 6.02. The molecule has 0 heterocycles. The van der Waals surface area contributed by atoms with Crippen molar-refractivity contribution in [2.45, 2.75) is 19.4 Å². The maximum Gasteiger partial charge on any atom is 0.0511 e. The first-order valence-corrected chi connectivity index (χ1v) is 7.75. The molecule has 21 heavy (non-hydrogen) atoms. The van der Waals surface area contributed by atoms with Gasteiger partial charge in [0.15, 0.2) is 0 Å². The Morgan fingerprint density at radius 3 is 2.29 bits per heavy atom. The molecule has 112 valence electrons. The summed E-state index contributed by atoms with van der Waals surface area (Å²) in [6.45, 7) is 2.79. The highest BCUT2D eigenvalue weighted by atomic mass is 35.5. The van der Waals surface area contributed by atoms with Crippen LogP contribution in [0.15, 0.2) is 42.5 Å². The molecule has 1 unspecified atom stereocenters. The van der Waals surface area contributed by atoms with E-state index in [9.17, 15) is 0 Å². The van der Waals surface area contributed by atoms with E-state index in [1.54, 1.807) is 0 Å². The van der Waals surface area contributed by atoms with Gasteiger partial charge in [-0.3, -0.25) is 0 Å². The highest BCUT2D eigenvalue weighted by Gasteiger charge is 2.15. The first-order chi connectivity index (χ1) is 10.0. The fraction of sp³-hybridized carbons (Fsp3) is 0.294. The minimum absolute atomic E-state index is 0.220. The van der Waals surface area contributed by atoms with E-state index in [4.69, 9.17) is 28.9 Å². The van der Waals surface area contributed by atoms with Gasteiger partial charge < -0.3 is 10.6 Å². The lowest BCUT2D eigenvalue weighted by Crippen LogP contribution is -2.23. The zero-order valence-corrected chi connectivity index (χ0v) is 13.8. The number of nitrogens with zero attached hydrogens (tertiary/aromatic N) is 1. The highest BCUT2D eigenvalue weighted by molar-refractivity contribution is 6.31. The van der Waals surface area contributed by atoms with Gasteiger partial charge in [-0.25, -0.2) is 0 Å². The van der Waals surface area contributed by atoms with E-state index in [2.05, 4.69) is 37.1 Å². The average molecular weight is 323 g/mol. The van der Waals surface area contributed by atoms with E-state index in [1.165, 1.54) is 11.1 Å². The molecule has 1 atom stereocenters. The number of halogens is 2. The molecule has 4 heteroatoms. The van der Waals surface area contributed by atoms with E-state index >= 15 is 0 Å². The lowest BCUT2D eigenvalue weighted by Gasteiger charge is -2.29. The lowest BCUT2D eigenvalue weighted by molar-refractivity contribution is 0.734. The summed E-state index contributed by atoms with van der Waals surface area (Å²) in [7, 11) is 2.07. The largest absolute Gasteiger partial charge is 0.368 e. The summed E-state index contributed by atoms with van der Waals surface area (Å²) >= 11 is 12.1. The number of hydrogen-bond donors (Lipinski definition) is 1. The molecular weight excluding hydrogens is 303 g/mol. The minimum atomic E-state index is 0.220. The number of anilines is 1. The molecule has 0 amide bonds. The van der Waals surface area contributed by atoms with Crippen LogP contribution in [0.3, 0.4) is 0 Å². The number of nitrogens with two attached hydrogens (primary N) is 1. The Morgan fingerprint density at radius 2 is 1.67 bits per heavy atom. The van der Waals surface area contributed by atoms with Crippen LogP contribution >= 0.6 is 23.2 Å². The van der Waals surface area contributed by atoms with Crippen molar-refractivity contribution in [1.82, 2.24) is 0 Å². The summed E-state index contributed by atoms with van der Waals surface area (Å²) in [5.41, 5.74) is 9.25. The van der Waals surface area contributed by atoms with Crippen LogP contribution in [-0.4, -0.2) is 13.6 Å². The predicted octanol–water partition coefficient (Wildman–Crippen LogP) is 4.69. The summed E-state index contributed by atoms with van der Waals surface area (Å²) in [6, 6.07) is 14.1. The van der Waals surface area contributed by atoms with Crippen LogP contribution in [0.4, 0.5) is 5.69 Å². The smallest absolute Gasteiger partial charge is 0.0511 e. The zero-order valence-electron chi connectivity index (χ0n) is 12.3.